The van der Waals surface area contributed by atoms with Crippen molar-refractivity contribution < 1.29 is 13.9 Å². The number of rotatable bonds is 2. The summed E-state index contributed by atoms with van der Waals surface area (Å²) in [4.78, 5) is 0. The summed E-state index contributed by atoms with van der Waals surface area (Å²) in [6.45, 7) is 2.85. The van der Waals surface area contributed by atoms with E-state index in [0.717, 1.165) is 0 Å². The van der Waals surface area contributed by atoms with Gasteiger partial charge in [-0.15, -0.1) is 12.3 Å². The van der Waals surface area contributed by atoms with E-state index in [4.69, 9.17) is 15.9 Å². The minimum Gasteiger partial charge on any atom is -0.486 e. The van der Waals surface area contributed by atoms with Crippen LogP contribution in [0.3, 0.4) is 0 Å². The van der Waals surface area contributed by atoms with Crippen LogP contribution in [0.1, 0.15) is 12.5 Å². The molecule has 0 radical (unpaired) electrons. The van der Waals surface area contributed by atoms with Gasteiger partial charge in [-0.2, -0.15) is 0 Å². The molecule has 84 valence electrons. The third kappa shape index (κ3) is 2.11. The van der Waals surface area contributed by atoms with Gasteiger partial charge in [0.25, 0.3) is 0 Å². The Labute approximate surface area is 94.4 Å². The number of benzene rings is 1. The van der Waals surface area contributed by atoms with Gasteiger partial charge in [0.2, 0.25) is 0 Å². The molecule has 1 atom stereocenters. The van der Waals surface area contributed by atoms with Gasteiger partial charge in [-0.25, -0.2) is 4.39 Å². The van der Waals surface area contributed by atoms with Crippen molar-refractivity contribution in [3.05, 3.63) is 23.5 Å². The quantitative estimate of drug-likeness (QED) is 0.712. The second-order valence-electron chi connectivity index (χ2n) is 3.86. The SMILES string of the molecule is C#CC(C)Cc1cc2c(cc1F)OCCO2. The summed E-state index contributed by atoms with van der Waals surface area (Å²) >= 11 is 0. The van der Waals surface area contributed by atoms with Crippen molar-refractivity contribution in [3.8, 4) is 23.8 Å². The first-order chi connectivity index (χ1) is 7.70. The Hall–Kier alpha value is -1.69. The predicted octanol–water partition coefficient (Wildman–Crippen LogP) is 2.41. The van der Waals surface area contributed by atoms with Gasteiger partial charge in [0.15, 0.2) is 11.5 Å². The smallest absolute Gasteiger partial charge is 0.164 e. The summed E-state index contributed by atoms with van der Waals surface area (Å²) < 4.78 is 24.3. The van der Waals surface area contributed by atoms with E-state index in [0.29, 0.717) is 36.7 Å². The van der Waals surface area contributed by atoms with Crippen LogP contribution in [0.5, 0.6) is 11.5 Å². The molecule has 0 N–H and O–H groups in total. The topological polar surface area (TPSA) is 18.5 Å². The van der Waals surface area contributed by atoms with Gasteiger partial charge in [0.1, 0.15) is 19.0 Å². The molecule has 0 aliphatic carbocycles. The first-order valence-electron chi connectivity index (χ1n) is 5.25. The molecular weight excluding hydrogens is 207 g/mol. The third-order valence-corrected chi connectivity index (χ3v) is 2.52. The number of hydrogen-bond acceptors (Lipinski definition) is 2. The molecule has 1 aromatic carbocycles. The standard InChI is InChI=1S/C13H13FO2/c1-3-9(2)6-10-7-12-13(8-11(10)14)16-5-4-15-12/h1,7-9H,4-6H2,2H3. The van der Waals surface area contributed by atoms with Crippen LogP contribution in [0.2, 0.25) is 0 Å². The lowest BCUT2D eigenvalue weighted by Crippen LogP contribution is -2.16. The van der Waals surface area contributed by atoms with Gasteiger partial charge < -0.3 is 9.47 Å². The fraction of sp³-hybridized carbons (Fsp3) is 0.385. The van der Waals surface area contributed by atoms with Crippen LogP contribution in [-0.2, 0) is 6.42 Å². The molecule has 1 aliphatic heterocycles. The number of terminal acetylenes is 1. The highest BCUT2D eigenvalue weighted by molar-refractivity contribution is 5.44. The largest absolute Gasteiger partial charge is 0.486 e. The Kier molecular flexibility index (Phi) is 3.00. The molecule has 1 aromatic rings. The van der Waals surface area contributed by atoms with Crippen LogP contribution in [0.4, 0.5) is 4.39 Å². The summed E-state index contributed by atoms with van der Waals surface area (Å²) in [7, 11) is 0. The molecule has 0 fully saturated rings. The van der Waals surface area contributed by atoms with Crippen molar-refractivity contribution in [1.29, 1.82) is 0 Å². The van der Waals surface area contributed by atoms with E-state index >= 15 is 0 Å². The van der Waals surface area contributed by atoms with Crippen molar-refractivity contribution >= 4 is 0 Å². The Bertz CT molecular complexity index is 434. The van der Waals surface area contributed by atoms with Crippen LogP contribution in [-0.4, -0.2) is 13.2 Å². The fourth-order valence-corrected chi connectivity index (χ4v) is 1.65. The molecule has 0 bridgehead atoms. The maximum absolute atomic E-state index is 13.7. The number of halogens is 1. The van der Waals surface area contributed by atoms with E-state index in [-0.39, 0.29) is 11.7 Å². The van der Waals surface area contributed by atoms with Gasteiger partial charge in [0, 0.05) is 12.0 Å². The van der Waals surface area contributed by atoms with Gasteiger partial charge in [0.05, 0.1) is 0 Å². The molecule has 3 heteroatoms. The zero-order valence-corrected chi connectivity index (χ0v) is 9.13. The van der Waals surface area contributed by atoms with Crippen molar-refractivity contribution in [2.45, 2.75) is 13.3 Å². The maximum Gasteiger partial charge on any atom is 0.164 e. The zero-order valence-electron chi connectivity index (χ0n) is 9.13. The Morgan fingerprint density at radius 1 is 1.38 bits per heavy atom. The Balaban J connectivity index is 2.29. The molecule has 0 saturated carbocycles. The predicted molar refractivity (Wildman–Crippen MR) is 59.1 cm³/mol. The average Bonchev–Trinajstić information content (AvgIpc) is 2.30. The minimum absolute atomic E-state index is 0.0112. The number of ether oxygens (including phenoxy) is 2. The van der Waals surface area contributed by atoms with Crippen LogP contribution in [0.15, 0.2) is 12.1 Å². The van der Waals surface area contributed by atoms with E-state index < -0.39 is 0 Å². The maximum atomic E-state index is 13.7. The summed E-state index contributed by atoms with van der Waals surface area (Å²) in [6.07, 6.45) is 5.79. The fourth-order valence-electron chi connectivity index (χ4n) is 1.65. The highest BCUT2D eigenvalue weighted by Crippen LogP contribution is 2.33. The second-order valence-corrected chi connectivity index (χ2v) is 3.86. The van der Waals surface area contributed by atoms with Crippen molar-refractivity contribution in [2.24, 2.45) is 5.92 Å². The molecular formula is C13H13FO2. The highest BCUT2D eigenvalue weighted by Gasteiger charge is 2.16. The van der Waals surface area contributed by atoms with E-state index in [1.807, 2.05) is 6.92 Å². The first-order valence-corrected chi connectivity index (χ1v) is 5.25. The van der Waals surface area contributed by atoms with E-state index in [2.05, 4.69) is 5.92 Å². The molecule has 0 spiro atoms. The minimum atomic E-state index is -0.286. The monoisotopic (exact) mass is 220 g/mol. The van der Waals surface area contributed by atoms with Crippen molar-refractivity contribution in [3.63, 3.8) is 0 Å². The first kappa shape index (κ1) is 10.8. The molecule has 0 amide bonds. The third-order valence-electron chi connectivity index (χ3n) is 2.52. The lowest BCUT2D eigenvalue weighted by atomic mass is 10.0. The summed E-state index contributed by atoms with van der Waals surface area (Å²) in [6, 6.07) is 3.05. The molecule has 1 aliphatic rings. The summed E-state index contributed by atoms with van der Waals surface area (Å²) in [5, 5.41) is 0. The summed E-state index contributed by atoms with van der Waals surface area (Å²) in [5.41, 5.74) is 0.578. The molecule has 16 heavy (non-hydrogen) atoms. The molecule has 0 saturated heterocycles. The molecule has 1 unspecified atom stereocenters. The van der Waals surface area contributed by atoms with Crippen LogP contribution >= 0.6 is 0 Å². The van der Waals surface area contributed by atoms with Crippen LogP contribution in [0, 0.1) is 24.1 Å². The van der Waals surface area contributed by atoms with Crippen molar-refractivity contribution in [2.75, 3.05) is 13.2 Å². The zero-order chi connectivity index (χ0) is 11.5. The Morgan fingerprint density at radius 3 is 2.62 bits per heavy atom. The second kappa shape index (κ2) is 4.44. The van der Waals surface area contributed by atoms with E-state index in [1.165, 1.54) is 6.07 Å². The normalized spacial score (nSPS) is 15.3. The Morgan fingerprint density at radius 2 is 2.00 bits per heavy atom. The number of hydrogen-bond donors (Lipinski definition) is 0. The van der Waals surface area contributed by atoms with Crippen LogP contribution < -0.4 is 9.47 Å². The molecule has 0 aromatic heterocycles. The van der Waals surface area contributed by atoms with Gasteiger partial charge in [-0.05, 0) is 18.1 Å². The lowest BCUT2D eigenvalue weighted by molar-refractivity contribution is 0.170. The average molecular weight is 220 g/mol. The van der Waals surface area contributed by atoms with E-state index in [1.54, 1.807) is 6.07 Å². The number of fused-ring (bicyclic) bond motifs is 1. The lowest BCUT2D eigenvalue weighted by Gasteiger charge is -2.19. The van der Waals surface area contributed by atoms with Crippen molar-refractivity contribution in [1.82, 2.24) is 0 Å². The molecule has 1 heterocycles. The van der Waals surface area contributed by atoms with Gasteiger partial charge >= 0.3 is 0 Å². The molecule has 2 nitrogen and oxygen atoms in total. The highest BCUT2D eigenvalue weighted by atomic mass is 19.1. The van der Waals surface area contributed by atoms with Crippen LogP contribution in [0.25, 0.3) is 0 Å². The van der Waals surface area contributed by atoms with Gasteiger partial charge in [-0.1, -0.05) is 6.92 Å². The summed E-state index contributed by atoms with van der Waals surface area (Å²) in [5.74, 6) is 3.38. The molecule has 2 rings (SSSR count). The van der Waals surface area contributed by atoms with Gasteiger partial charge in [-0.3, -0.25) is 0 Å². The van der Waals surface area contributed by atoms with E-state index in [9.17, 15) is 4.39 Å².